The molecule has 6 rings (SSSR count). The summed E-state index contributed by atoms with van der Waals surface area (Å²) in [4.78, 5) is 81.4. The molecule has 2 amide bonds. The normalized spacial score (nSPS) is 15.3. The Balaban J connectivity index is -0.00000104. The molecule has 2 aliphatic heterocycles. The van der Waals surface area contributed by atoms with Crippen LogP contribution in [0.3, 0.4) is 0 Å². The Hall–Kier alpha value is -3.38. The average Bonchev–Trinajstić information content (AvgIpc) is 2.58. The molecule has 88 heavy (non-hydrogen) atoms. The van der Waals surface area contributed by atoms with E-state index in [0.29, 0.717) is 98.4 Å². The Morgan fingerprint density at radius 3 is 1.86 bits per heavy atom. The van der Waals surface area contributed by atoms with Gasteiger partial charge in [-0.1, -0.05) is 135 Å². The van der Waals surface area contributed by atoms with Crippen LogP contribution in [0.5, 0.6) is 0 Å². The number of H-pyrrole nitrogens is 2. The van der Waals surface area contributed by atoms with Crippen molar-refractivity contribution >= 4 is 30.1 Å². The van der Waals surface area contributed by atoms with Crippen molar-refractivity contribution in [1.82, 2.24) is 30.0 Å². The number of amides is 2. The van der Waals surface area contributed by atoms with Gasteiger partial charge in [-0.15, -0.1) is 68.4 Å². The molecule has 4 aromatic rings. The molecule has 3 N–H and O–H groups in total. The van der Waals surface area contributed by atoms with Crippen molar-refractivity contribution in [3.8, 4) is 0 Å². The predicted octanol–water partition coefficient (Wildman–Crippen LogP) is -0.908. The van der Waals surface area contributed by atoms with Gasteiger partial charge in [-0.3, -0.25) is 27.0 Å². The van der Waals surface area contributed by atoms with Crippen molar-refractivity contribution in [3.05, 3.63) is 194 Å². The van der Waals surface area contributed by atoms with E-state index < -0.39 is 0 Å². The first kappa shape index (κ1) is 88.8. The fraction of sp³-hybridized carbons (Fsp3) is 0.493. The van der Waals surface area contributed by atoms with E-state index >= 15 is 0 Å². The molecule has 4 heterocycles. The number of unbranched alkanes of at least 4 members (excludes halogenated alkanes) is 6. The van der Waals surface area contributed by atoms with E-state index in [2.05, 4.69) is 99.9 Å². The second-order valence-electron chi connectivity index (χ2n) is 23.2. The zero-order valence-electron chi connectivity index (χ0n) is 55.8. The van der Waals surface area contributed by atoms with E-state index in [1.807, 2.05) is 60.5 Å². The molecule has 2 aromatic heterocycles. The number of aromatic amines is 2. The Kier molecular flexibility index (Phi) is 47.9. The van der Waals surface area contributed by atoms with Crippen molar-refractivity contribution in [1.29, 1.82) is 0 Å². The van der Waals surface area contributed by atoms with Crippen LogP contribution < -0.4 is 96.8 Å². The zero-order chi connectivity index (χ0) is 63.0. The van der Waals surface area contributed by atoms with Crippen LogP contribution in [0.4, 0.5) is 14.5 Å². The van der Waals surface area contributed by atoms with Gasteiger partial charge in [-0.05, 0) is 54.8 Å². The first-order valence-corrected chi connectivity index (χ1v) is 29.5. The summed E-state index contributed by atoms with van der Waals surface area (Å²) < 4.78 is 25.8. The first-order chi connectivity index (χ1) is 39.7. The smallest absolute Gasteiger partial charge is 0.542 e. The van der Waals surface area contributed by atoms with Gasteiger partial charge in [-0.2, -0.15) is 13.3 Å². The number of carbonyl (C=O) groups is 2. The molecule has 2 aliphatic rings. The van der Waals surface area contributed by atoms with Gasteiger partial charge in [0.25, 0.3) is 5.56 Å². The SMILES string of the molecule is [CH2-]C(=O)N1CC(C)(C)c2[nH]c(=O)c(Cc3ccc(F)cc3)cc21.[CH2-]C(C)(C)c1[c-]cc(Cc2ccc(F)cc2)c(=O)[nH]1.[CH2-]CN(C[CH-]C)C(=O)CCCCCCCC[C-]=O.[CH2-]CN(C[CH-]CN[C@@H]([CH2-])C)[C@@H]([CH2-])C.[CH2-][C@H]1CC[C@H](C)CN1C[C-]=O.[Li+].[Li+].[Li+].[Li+]. The van der Waals surface area contributed by atoms with Crippen LogP contribution >= 0.6 is 0 Å². The van der Waals surface area contributed by atoms with Crippen molar-refractivity contribution in [2.75, 3.05) is 57.3 Å². The standard InChI is InChI=1S/C18H18FN2O2.C16H16FNO.C15H26NO2.C11H22N2.C9H15NO.4Li/c1-11(22)21-10-18(2,3)16-15(21)9-13(17(23)20-16)8-12-4-6-14(19)7-5-12;1-16(2,3)14-9-6-12(15(19)18-14)10-11-4-7-13(17)8-5-11;1-3-13-16(4-2)15(18)12-10-8-6-5-7-9-11-14-17;1-6-13(11(4)5)9-7-8-12-10(2)3;1-8-3-4-9(2)10(7-8)5-6-11;;;;/h4-7,9H,1,8,10H2,2-3H3,(H,20,23);4-8H,1,10H2,2-3H3,(H,18,19);3H,2,4-13H2,1H3;7,10-12H,1-2,4,6,8-9H2,3,5H3;8-9H,2-5,7H2,1H3;;;;/q-1;-2;-3;-4;-2;4*+1/t;;;10-,11-;8-,9-;;;;/m...00..../s1. The maximum atomic E-state index is 13.0. The molecule has 0 unspecified atom stereocenters. The second-order valence-corrected chi connectivity index (χ2v) is 23.2. The third-order valence-corrected chi connectivity index (χ3v) is 14.3. The number of rotatable bonds is 26. The number of fused-ring (bicyclic) bond motifs is 1. The van der Waals surface area contributed by atoms with Crippen LogP contribution in [0.15, 0.2) is 70.3 Å². The largest absolute Gasteiger partial charge is 1.00 e. The van der Waals surface area contributed by atoms with E-state index in [1.54, 1.807) is 46.2 Å². The van der Waals surface area contributed by atoms with Crippen molar-refractivity contribution < 1.29 is 103 Å². The van der Waals surface area contributed by atoms with Gasteiger partial charge >= 0.3 is 75.4 Å². The topological polar surface area (TPSA) is 159 Å². The summed E-state index contributed by atoms with van der Waals surface area (Å²) in [6, 6.07) is 19.6. The summed E-state index contributed by atoms with van der Waals surface area (Å²) in [5.74, 6) is 0.0298. The number of hydrogen-bond acceptors (Lipinski definition) is 9. The molecule has 13 nitrogen and oxygen atoms in total. The molecule has 470 valence electrons. The maximum Gasteiger partial charge on any atom is 1.00 e. The second kappa shape index (κ2) is 47.5. The maximum absolute atomic E-state index is 13.0. The number of piperidine rings is 1. The number of anilines is 1. The number of benzene rings is 2. The van der Waals surface area contributed by atoms with E-state index in [-0.39, 0.29) is 121 Å². The molecule has 1 saturated heterocycles. The predicted molar refractivity (Wildman–Crippen MR) is 339 cm³/mol. The molecular formula is C69H97F2Li4N7O6-8. The number of likely N-dealkylation sites (tertiary alicyclic amines) is 1. The molecule has 19 heteroatoms. The number of aromatic nitrogens is 2. The van der Waals surface area contributed by atoms with Gasteiger partial charge in [0.05, 0.1) is 11.6 Å². The van der Waals surface area contributed by atoms with Gasteiger partial charge in [0.2, 0.25) is 5.91 Å². The third kappa shape index (κ3) is 34.3. The molecule has 0 saturated carbocycles. The van der Waals surface area contributed by atoms with Crippen LogP contribution in [-0.4, -0.2) is 120 Å². The minimum absolute atomic E-state index is 0. The van der Waals surface area contributed by atoms with Crippen molar-refractivity contribution in [3.63, 3.8) is 0 Å². The number of hydrogen-bond donors (Lipinski definition) is 3. The number of pyridine rings is 2. The number of nitrogens with one attached hydrogen (secondary N) is 3. The van der Waals surface area contributed by atoms with E-state index in [9.17, 15) is 37.5 Å². The van der Waals surface area contributed by atoms with E-state index in [1.165, 1.54) is 30.7 Å². The molecule has 1 fully saturated rings. The van der Waals surface area contributed by atoms with E-state index in [0.717, 1.165) is 87.9 Å². The summed E-state index contributed by atoms with van der Waals surface area (Å²) in [5, 5.41) is 3.23. The van der Waals surface area contributed by atoms with Crippen LogP contribution in [0, 0.1) is 84.9 Å². The summed E-state index contributed by atoms with van der Waals surface area (Å²) >= 11 is 0. The number of carbonyl (C=O) groups excluding carboxylic acids is 4. The van der Waals surface area contributed by atoms with Crippen LogP contribution in [-0.2, 0) is 42.8 Å². The Morgan fingerprint density at radius 1 is 0.841 bits per heavy atom. The van der Waals surface area contributed by atoms with Crippen molar-refractivity contribution in [2.24, 2.45) is 5.92 Å². The zero-order valence-corrected chi connectivity index (χ0v) is 55.8. The van der Waals surface area contributed by atoms with Crippen LogP contribution in [0.1, 0.15) is 153 Å². The van der Waals surface area contributed by atoms with Crippen LogP contribution in [0.25, 0.3) is 0 Å². The molecule has 2 aromatic carbocycles. The molecular weight excluding hydrogens is 1090 g/mol. The summed E-state index contributed by atoms with van der Waals surface area (Å²) in [7, 11) is 0. The first-order valence-electron chi connectivity index (χ1n) is 29.5. The molecule has 0 aliphatic carbocycles. The van der Waals surface area contributed by atoms with E-state index in [4.69, 9.17) is 0 Å². The quantitative estimate of drug-likeness (QED) is 0.0412. The third-order valence-electron chi connectivity index (χ3n) is 14.3. The Morgan fingerprint density at radius 2 is 1.39 bits per heavy atom. The Bertz CT molecular complexity index is 2670. The number of halogens is 2. The molecule has 0 bridgehead atoms. The molecule has 0 radical (unpaired) electrons. The molecule has 4 atom stereocenters. The molecule has 0 spiro atoms. The fourth-order valence-corrected chi connectivity index (χ4v) is 9.26. The van der Waals surface area contributed by atoms with Crippen molar-refractivity contribution in [2.45, 2.75) is 161 Å². The van der Waals surface area contributed by atoms with Crippen LogP contribution in [0.2, 0.25) is 0 Å². The van der Waals surface area contributed by atoms with Gasteiger partial charge in [0, 0.05) is 36.1 Å². The minimum atomic E-state index is -0.381. The minimum Gasteiger partial charge on any atom is -0.542 e. The summed E-state index contributed by atoms with van der Waals surface area (Å²) in [6.07, 6.45) is 18.8. The van der Waals surface area contributed by atoms with Gasteiger partial charge < -0.3 is 111 Å². The van der Waals surface area contributed by atoms with Gasteiger partial charge in [0.15, 0.2) is 5.56 Å². The monoisotopic (exact) mass is 1190 g/mol. The Labute approximate surface area is 577 Å². The summed E-state index contributed by atoms with van der Waals surface area (Å²) in [6.45, 7) is 48.7. The fourth-order valence-electron chi connectivity index (χ4n) is 9.26. The van der Waals surface area contributed by atoms with Gasteiger partial charge in [0.1, 0.15) is 11.6 Å². The number of nitrogens with zero attached hydrogens (tertiary/aromatic N) is 4. The summed E-state index contributed by atoms with van der Waals surface area (Å²) in [5.41, 5.74) is 3.98. The van der Waals surface area contributed by atoms with Gasteiger partial charge in [-0.25, -0.2) is 20.9 Å². The average molecular weight is 1190 g/mol.